The molecule has 0 spiro atoms. The molecular weight excluding hydrogens is 412 g/mol. The van der Waals surface area contributed by atoms with Crippen LogP contribution in [0.1, 0.15) is 11.1 Å². The first-order chi connectivity index (χ1) is 14.7. The summed E-state index contributed by atoms with van der Waals surface area (Å²) in [6.45, 7) is -1.12. The highest BCUT2D eigenvalue weighted by atomic mass is 16.7. The van der Waals surface area contributed by atoms with Gasteiger partial charge in [0.05, 0.1) is 19.8 Å². The molecule has 6 N–H and O–H groups in total. The van der Waals surface area contributed by atoms with Crippen molar-refractivity contribution >= 4 is 6.08 Å². The molecule has 1 aliphatic heterocycles. The molecule has 1 heterocycles. The maximum Gasteiger partial charge on any atom is 0.307 e. The lowest BCUT2D eigenvalue weighted by atomic mass is 9.94. The van der Waals surface area contributed by atoms with E-state index in [4.69, 9.17) is 18.9 Å². The number of aliphatic hydroxyl groups is 3. The number of aliphatic hydroxyl groups excluding tert-OH is 1. The third-order valence-corrected chi connectivity index (χ3v) is 4.61. The third kappa shape index (κ3) is 4.04. The number of aromatic hydroxyl groups is 3. The van der Waals surface area contributed by atoms with E-state index in [0.29, 0.717) is 5.56 Å². The second-order valence-corrected chi connectivity index (χ2v) is 6.67. The number of phenols is 3. The van der Waals surface area contributed by atoms with Crippen molar-refractivity contribution in [1.82, 2.24) is 0 Å². The second-order valence-electron chi connectivity index (χ2n) is 6.67. The fraction of sp³-hybridized carbons (Fsp3) is 0.238. The SMILES string of the molecule is COc1cc(OC)c(O)c(C2(O)OC=C(C=Cc3cc(O)cc(O)c3)OC2(O)CO)c1. The van der Waals surface area contributed by atoms with Gasteiger partial charge in [-0.05, 0) is 29.8 Å². The Morgan fingerprint density at radius 2 is 1.61 bits per heavy atom. The number of allylic oxidation sites excluding steroid dienone is 1. The van der Waals surface area contributed by atoms with Crippen molar-refractivity contribution in [3.63, 3.8) is 0 Å². The van der Waals surface area contributed by atoms with Crippen molar-refractivity contribution in [2.24, 2.45) is 0 Å². The summed E-state index contributed by atoms with van der Waals surface area (Å²) in [5.74, 6) is -6.41. The number of rotatable bonds is 6. The lowest BCUT2D eigenvalue weighted by Gasteiger charge is -2.43. The van der Waals surface area contributed by atoms with Gasteiger partial charge in [0.2, 0.25) is 0 Å². The largest absolute Gasteiger partial charge is 0.508 e. The summed E-state index contributed by atoms with van der Waals surface area (Å²) in [5, 5.41) is 61.3. The standard InChI is InChI=1S/C21H22O10/c1-28-16-8-17(19(25)18(9-16)29-2)21(27)20(26,11-22)31-15(10-30-21)4-3-12-5-13(23)7-14(24)6-12/h3-10,22-27H,11H2,1-2H3. The van der Waals surface area contributed by atoms with E-state index in [1.54, 1.807) is 0 Å². The highest BCUT2D eigenvalue weighted by Gasteiger charge is 2.59. The van der Waals surface area contributed by atoms with Crippen molar-refractivity contribution in [1.29, 1.82) is 0 Å². The quantitative estimate of drug-likeness (QED) is 0.391. The Hall–Kier alpha value is -3.60. The Morgan fingerprint density at radius 3 is 2.19 bits per heavy atom. The van der Waals surface area contributed by atoms with E-state index in [2.05, 4.69) is 0 Å². The van der Waals surface area contributed by atoms with Gasteiger partial charge in [0.1, 0.15) is 30.1 Å². The molecule has 1 aliphatic rings. The smallest absolute Gasteiger partial charge is 0.307 e. The van der Waals surface area contributed by atoms with E-state index >= 15 is 0 Å². The predicted octanol–water partition coefficient (Wildman–Crippen LogP) is 1.25. The minimum Gasteiger partial charge on any atom is -0.508 e. The van der Waals surface area contributed by atoms with Crippen LogP contribution in [0.3, 0.4) is 0 Å². The van der Waals surface area contributed by atoms with Gasteiger partial charge in [0.25, 0.3) is 0 Å². The molecule has 0 fully saturated rings. The number of hydrogen-bond donors (Lipinski definition) is 6. The number of benzene rings is 2. The molecule has 0 amide bonds. The summed E-state index contributed by atoms with van der Waals surface area (Å²) in [5.41, 5.74) is 0.0167. The summed E-state index contributed by atoms with van der Waals surface area (Å²) in [4.78, 5) is 0. The average Bonchev–Trinajstić information content (AvgIpc) is 2.74. The monoisotopic (exact) mass is 434 g/mol. The topological polar surface area (TPSA) is 158 Å². The number of ether oxygens (including phenoxy) is 4. The van der Waals surface area contributed by atoms with Gasteiger partial charge in [-0.2, -0.15) is 0 Å². The van der Waals surface area contributed by atoms with Crippen LogP contribution in [-0.2, 0) is 15.3 Å². The van der Waals surface area contributed by atoms with Gasteiger partial charge in [-0.3, -0.25) is 0 Å². The summed E-state index contributed by atoms with van der Waals surface area (Å²) < 4.78 is 20.8. The van der Waals surface area contributed by atoms with Crippen LogP contribution < -0.4 is 9.47 Å². The normalized spacial score (nSPS) is 23.1. The molecule has 0 radical (unpaired) electrons. The van der Waals surface area contributed by atoms with Crippen molar-refractivity contribution in [2.75, 3.05) is 20.8 Å². The first kappa shape index (κ1) is 22.1. The van der Waals surface area contributed by atoms with Gasteiger partial charge < -0.3 is 49.6 Å². The highest BCUT2D eigenvalue weighted by molar-refractivity contribution is 5.57. The molecule has 2 unspecified atom stereocenters. The summed E-state index contributed by atoms with van der Waals surface area (Å²) in [7, 11) is 2.62. The van der Waals surface area contributed by atoms with Gasteiger partial charge in [0, 0.05) is 12.1 Å². The van der Waals surface area contributed by atoms with Crippen LogP contribution in [-0.4, -0.2) is 57.3 Å². The fourth-order valence-electron chi connectivity index (χ4n) is 3.02. The molecule has 0 aliphatic carbocycles. The first-order valence-corrected chi connectivity index (χ1v) is 8.95. The average molecular weight is 434 g/mol. The fourth-order valence-corrected chi connectivity index (χ4v) is 3.02. The van der Waals surface area contributed by atoms with E-state index in [1.807, 2.05) is 0 Å². The van der Waals surface area contributed by atoms with E-state index < -0.39 is 23.9 Å². The Kier molecular flexibility index (Phi) is 5.89. The first-order valence-electron chi connectivity index (χ1n) is 8.95. The molecule has 0 saturated carbocycles. The maximum absolute atomic E-state index is 11.1. The van der Waals surface area contributed by atoms with Crippen LogP contribution >= 0.6 is 0 Å². The molecule has 2 aromatic carbocycles. The van der Waals surface area contributed by atoms with E-state index in [0.717, 1.165) is 12.3 Å². The third-order valence-electron chi connectivity index (χ3n) is 4.61. The Morgan fingerprint density at radius 1 is 0.935 bits per heavy atom. The van der Waals surface area contributed by atoms with Crippen LogP contribution in [0.4, 0.5) is 0 Å². The van der Waals surface area contributed by atoms with Crippen LogP contribution in [0.2, 0.25) is 0 Å². The van der Waals surface area contributed by atoms with Crippen LogP contribution in [0.15, 0.2) is 48.4 Å². The maximum atomic E-state index is 11.1. The van der Waals surface area contributed by atoms with E-state index in [-0.39, 0.29) is 34.3 Å². The Bertz CT molecular complexity index is 1010. The molecular formula is C21H22O10. The van der Waals surface area contributed by atoms with E-state index in [9.17, 15) is 30.6 Å². The summed E-state index contributed by atoms with van der Waals surface area (Å²) in [6, 6.07) is 6.39. The lowest BCUT2D eigenvalue weighted by molar-refractivity contribution is -0.392. The summed E-state index contributed by atoms with van der Waals surface area (Å²) in [6.07, 6.45) is 3.68. The molecule has 166 valence electrons. The predicted molar refractivity (Wildman–Crippen MR) is 106 cm³/mol. The van der Waals surface area contributed by atoms with Gasteiger partial charge in [-0.25, -0.2) is 0 Å². The molecule has 3 rings (SSSR count). The number of methoxy groups -OCH3 is 2. The van der Waals surface area contributed by atoms with Crippen LogP contribution in [0.5, 0.6) is 28.7 Å². The Balaban J connectivity index is 2.01. The molecule has 2 atom stereocenters. The number of phenolic OH excluding ortho intramolecular Hbond substituents is 3. The lowest BCUT2D eigenvalue weighted by Crippen LogP contribution is -2.58. The number of hydrogen-bond acceptors (Lipinski definition) is 10. The highest BCUT2D eigenvalue weighted by Crippen LogP contribution is 2.48. The van der Waals surface area contributed by atoms with Crippen molar-refractivity contribution in [2.45, 2.75) is 11.6 Å². The molecule has 10 heteroatoms. The van der Waals surface area contributed by atoms with E-state index in [1.165, 1.54) is 50.6 Å². The Labute approximate surface area is 177 Å². The van der Waals surface area contributed by atoms with Gasteiger partial charge in [0.15, 0.2) is 17.3 Å². The zero-order valence-electron chi connectivity index (χ0n) is 16.6. The van der Waals surface area contributed by atoms with Gasteiger partial charge in [-0.1, -0.05) is 6.08 Å². The molecule has 31 heavy (non-hydrogen) atoms. The zero-order chi connectivity index (χ0) is 22.8. The molecule has 0 saturated heterocycles. The van der Waals surface area contributed by atoms with Crippen molar-refractivity contribution in [3.05, 3.63) is 59.6 Å². The molecule has 10 nitrogen and oxygen atoms in total. The molecule has 2 aromatic rings. The second kappa shape index (κ2) is 8.26. The van der Waals surface area contributed by atoms with Crippen LogP contribution in [0, 0.1) is 0 Å². The van der Waals surface area contributed by atoms with Crippen molar-refractivity contribution in [3.8, 4) is 28.7 Å². The minimum absolute atomic E-state index is 0.0787. The zero-order valence-corrected chi connectivity index (χ0v) is 16.6. The van der Waals surface area contributed by atoms with Crippen molar-refractivity contribution < 1.29 is 49.6 Å². The molecule has 0 aromatic heterocycles. The minimum atomic E-state index is -2.74. The van der Waals surface area contributed by atoms with Crippen LogP contribution in [0.25, 0.3) is 6.08 Å². The summed E-state index contributed by atoms with van der Waals surface area (Å²) >= 11 is 0. The van der Waals surface area contributed by atoms with Gasteiger partial charge >= 0.3 is 11.6 Å². The molecule has 0 bridgehead atoms. The van der Waals surface area contributed by atoms with Gasteiger partial charge in [-0.15, -0.1) is 0 Å².